The van der Waals surface area contributed by atoms with Crippen molar-refractivity contribution in [3.05, 3.63) is 59.4 Å². The molecule has 0 unspecified atom stereocenters. The number of hydrogen-bond acceptors (Lipinski definition) is 4. The fourth-order valence-electron chi connectivity index (χ4n) is 1.71. The molecule has 0 aromatic heterocycles. The summed E-state index contributed by atoms with van der Waals surface area (Å²) >= 11 is 0. The van der Waals surface area contributed by atoms with E-state index in [1.54, 1.807) is 0 Å². The highest BCUT2D eigenvalue weighted by Gasteiger charge is 2.15. The van der Waals surface area contributed by atoms with Crippen LogP contribution in [0.1, 0.15) is 10.4 Å². The minimum Gasteiger partial charge on any atom is -0.452 e. The van der Waals surface area contributed by atoms with E-state index in [1.807, 2.05) is 0 Å². The van der Waals surface area contributed by atoms with Crippen molar-refractivity contribution >= 4 is 23.3 Å². The van der Waals surface area contributed by atoms with E-state index in [0.717, 1.165) is 36.4 Å². The Morgan fingerprint density at radius 3 is 2.39 bits per heavy atom. The van der Waals surface area contributed by atoms with Crippen molar-refractivity contribution < 1.29 is 27.5 Å². The normalized spacial score (nSPS) is 10.2. The lowest BCUT2D eigenvalue weighted by atomic mass is 10.2. The van der Waals surface area contributed by atoms with Gasteiger partial charge in [0.2, 0.25) is 0 Å². The van der Waals surface area contributed by atoms with E-state index < -0.39 is 35.9 Å². The molecule has 8 heteroatoms. The van der Waals surface area contributed by atoms with Crippen LogP contribution in [-0.2, 0) is 9.53 Å². The molecule has 0 fully saturated rings. The third-order valence-electron chi connectivity index (χ3n) is 2.77. The van der Waals surface area contributed by atoms with Gasteiger partial charge in [0.05, 0.1) is 11.3 Å². The highest BCUT2D eigenvalue weighted by molar-refractivity contribution is 5.98. The zero-order valence-electron chi connectivity index (χ0n) is 11.6. The van der Waals surface area contributed by atoms with Gasteiger partial charge in [-0.05, 0) is 30.3 Å². The maximum Gasteiger partial charge on any atom is 0.340 e. The van der Waals surface area contributed by atoms with Gasteiger partial charge in [0.1, 0.15) is 17.5 Å². The summed E-state index contributed by atoms with van der Waals surface area (Å²) in [5, 5.41) is 2.06. The standard InChI is InChI=1S/C15H11F3N2O3/c16-8-1-3-10(12(19)5-8)15(22)23-7-14(21)20-13-6-9(17)2-4-11(13)18/h1-6H,7,19H2,(H,20,21). The Kier molecular flexibility index (Phi) is 4.85. The lowest BCUT2D eigenvalue weighted by Crippen LogP contribution is -2.22. The van der Waals surface area contributed by atoms with Gasteiger partial charge in [0, 0.05) is 11.8 Å². The van der Waals surface area contributed by atoms with Gasteiger partial charge in [-0.15, -0.1) is 0 Å². The molecule has 5 nitrogen and oxygen atoms in total. The van der Waals surface area contributed by atoms with Gasteiger partial charge in [0.15, 0.2) is 6.61 Å². The first-order valence-corrected chi connectivity index (χ1v) is 6.34. The van der Waals surface area contributed by atoms with Gasteiger partial charge in [0.25, 0.3) is 5.91 Å². The lowest BCUT2D eigenvalue weighted by Gasteiger charge is -2.08. The number of nitrogens with two attached hydrogens (primary N) is 1. The number of amides is 1. The number of ether oxygens (including phenoxy) is 1. The van der Waals surface area contributed by atoms with Crippen LogP contribution in [0.25, 0.3) is 0 Å². The average Bonchev–Trinajstić information content (AvgIpc) is 2.48. The molecule has 0 aliphatic rings. The van der Waals surface area contributed by atoms with Crippen molar-refractivity contribution in [2.75, 3.05) is 17.7 Å². The molecule has 0 bridgehead atoms. The summed E-state index contributed by atoms with van der Waals surface area (Å²) < 4.78 is 43.9. The molecule has 1 amide bonds. The van der Waals surface area contributed by atoms with Crippen molar-refractivity contribution in [3.8, 4) is 0 Å². The molecule has 0 spiro atoms. The maximum absolute atomic E-state index is 13.3. The van der Waals surface area contributed by atoms with E-state index >= 15 is 0 Å². The van der Waals surface area contributed by atoms with E-state index in [2.05, 4.69) is 10.1 Å². The fraction of sp³-hybridized carbons (Fsp3) is 0.0667. The molecule has 0 saturated heterocycles. The number of carbonyl (C=O) groups excluding carboxylic acids is 2. The molecular formula is C15H11F3N2O3. The molecular weight excluding hydrogens is 313 g/mol. The van der Waals surface area contributed by atoms with Crippen LogP contribution in [0.5, 0.6) is 0 Å². The maximum atomic E-state index is 13.3. The third kappa shape index (κ3) is 4.22. The molecule has 2 rings (SSSR count). The van der Waals surface area contributed by atoms with Crippen molar-refractivity contribution in [3.63, 3.8) is 0 Å². The molecule has 0 aliphatic carbocycles. The summed E-state index contributed by atoms with van der Waals surface area (Å²) in [5.41, 5.74) is 4.81. The molecule has 120 valence electrons. The highest BCUT2D eigenvalue weighted by atomic mass is 19.1. The molecule has 2 aromatic rings. The molecule has 0 atom stereocenters. The second-order valence-corrected chi connectivity index (χ2v) is 4.48. The van der Waals surface area contributed by atoms with Crippen molar-refractivity contribution in [1.29, 1.82) is 0 Å². The number of rotatable bonds is 4. The molecule has 0 aliphatic heterocycles. The van der Waals surface area contributed by atoms with Crippen molar-refractivity contribution in [2.45, 2.75) is 0 Å². The first kappa shape index (κ1) is 16.3. The van der Waals surface area contributed by atoms with Gasteiger partial charge in [-0.25, -0.2) is 18.0 Å². The van der Waals surface area contributed by atoms with Crippen LogP contribution in [0, 0.1) is 17.5 Å². The Labute approximate surface area is 128 Å². The minimum atomic E-state index is -0.947. The number of halogens is 3. The van der Waals surface area contributed by atoms with Gasteiger partial charge in [-0.1, -0.05) is 0 Å². The Morgan fingerprint density at radius 1 is 1.04 bits per heavy atom. The SMILES string of the molecule is Nc1cc(F)ccc1C(=O)OCC(=O)Nc1cc(F)ccc1F. The highest BCUT2D eigenvalue weighted by Crippen LogP contribution is 2.16. The molecule has 0 heterocycles. The Hall–Kier alpha value is -3.03. The van der Waals surface area contributed by atoms with Crippen LogP contribution in [-0.4, -0.2) is 18.5 Å². The molecule has 2 aromatic carbocycles. The molecule has 0 saturated carbocycles. The predicted molar refractivity (Wildman–Crippen MR) is 76.1 cm³/mol. The number of carbonyl (C=O) groups is 2. The van der Waals surface area contributed by atoms with E-state index in [9.17, 15) is 22.8 Å². The second kappa shape index (κ2) is 6.82. The van der Waals surface area contributed by atoms with Crippen LogP contribution in [0.3, 0.4) is 0 Å². The van der Waals surface area contributed by atoms with Crippen LogP contribution in [0.2, 0.25) is 0 Å². The zero-order chi connectivity index (χ0) is 17.0. The molecule has 0 radical (unpaired) electrons. The monoisotopic (exact) mass is 324 g/mol. The minimum absolute atomic E-state index is 0.115. The van der Waals surface area contributed by atoms with Crippen molar-refractivity contribution in [2.24, 2.45) is 0 Å². The van der Waals surface area contributed by atoms with Gasteiger partial charge in [-0.2, -0.15) is 0 Å². The number of hydrogen-bond donors (Lipinski definition) is 2. The summed E-state index contributed by atoms with van der Waals surface area (Å²) in [6.45, 7) is -0.744. The zero-order valence-corrected chi connectivity index (χ0v) is 11.6. The summed E-state index contributed by atoms with van der Waals surface area (Å²) in [5.74, 6) is -4.02. The third-order valence-corrected chi connectivity index (χ3v) is 2.77. The number of anilines is 2. The topological polar surface area (TPSA) is 81.4 Å². The molecule has 23 heavy (non-hydrogen) atoms. The Balaban J connectivity index is 1.96. The van der Waals surface area contributed by atoms with E-state index in [1.165, 1.54) is 0 Å². The van der Waals surface area contributed by atoms with Gasteiger partial charge < -0.3 is 15.8 Å². The van der Waals surface area contributed by atoms with Gasteiger partial charge >= 0.3 is 5.97 Å². The van der Waals surface area contributed by atoms with E-state index in [-0.39, 0.29) is 16.9 Å². The quantitative estimate of drug-likeness (QED) is 0.669. The van der Waals surface area contributed by atoms with E-state index in [4.69, 9.17) is 5.73 Å². The van der Waals surface area contributed by atoms with Crippen LogP contribution >= 0.6 is 0 Å². The lowest BCUT2D eigenvalue weighted by molar-refractivity contribution is -0.119. The number of nitrogens with one attached hydrogen (secondary N) is 1. The first-order chi connectivity index (χ1) is 10.9. The Bertz CT molecular complexity index is 766. The second-order valence-electron chi connectivity index (χ2n) is 4.48. The first-order valence-electron chi connectivity index (χ1n) is 6.34. The van der Waals surface area contributed by atoms with Crippen LogP contribution in [0.15, 0.2) is 36.4 Å². The average molecular weight is 324 g/mol. The largest absolute Gasteiger partial charge is 0.452 e. The van der Waals surface area contributed by atoms with E-state index in [0.29, 0.717) is 0 Å². The molecule has 3 N–H and O–H groups in total. The van der Waals surface area contributed by atoms with Crippen molar-refractivity contribution in [1.82, 2.24) is 0 Å². The Morgan fingerprint density at radius 2 is 1.70 bits per heavy atom. The number of esters is 1. The summed E-state index contributed by atoms with van der Waals surface area (Å²) in [4.78, 5) is 23.3. The summed E-state index contributed by atoms with van der Waals surface area (Å²) in [6.07, 6.45) is 0. The predicted octanol–water partition coefficient (Wildman–Crippen LogP) is 2.48. The van der Waals surface area contributed by atoms with Crippen LogP contribution < -0.4 is 11.1 Å². The van der Waals surface area contributed by atoms with Crippen LogP contribution in [0.4, 0.5) is 24.5 Å². The fourth-order valence-corrected chi connectivity index (χ4v) is 1.71. The smallest absolute Gasteiger partial charge is 0.340 e. The summed E-state index contributed by atoms with van der Waals surface area (Å²) in [6, 6.07) is 5.57. The van der Waals surface area contributed by atoms with Gasteiger partial charge in [-0.3, -0.25) is 4.79 Å². The summed E-state index contributed by atoms with van der Waals surface area (Å²) in [7, 11) is 0. The number of benzene rings is 2. The number of nitrogen functional groups attached to an aromatic ring is 1.